The highest BCUT2D eigenvalue weighted by atomic mass is 32.1. The molecule has 0 saturated heterocycles. The summed E-state index contributed by atoms with van der Waals surface area (Å²) in [4.78, 5) is 44.8. The fourth-order valence-corrected chi connectivity index (χ4v) is 5.50. The van der Waals surface area contributed by atoms with Crippen LogP contribution < -0.4 is 21.9 Å². The molecule has 1 amide bonds. The van der Waals surface area contributed by atoms with Crippen molar-refractivity contribution in [1.29, 1.82) is 0 Å². The van der Waals surface area contributed by atoms with Gasteiger partial charge in [-0.05, 0) is 48.8 Å². The molecule has 3 aromatic rings. The third-order valence-corrected chi connectivity index (χ3v) is 7.41. The number of carbonyl (C=O) groups is 1. The first kappa shape index (κ1) is 23.0. The Kier molecular flexibility index (Phi) is 6.83. The lowest BCUT2D eigenvalue weighted by Crippen LogP contribution is -2.40. The van der Waals surface area contributed by atoms with Gasteiger partial charge in [-0.2, -0.15) is 0 Å². The zero-order valence-electron chi connectivity index (χ0n) is 19.1. The maximum absolute atomic E-state index is 13.8. The Hall–Kier alpha value is -3.13. The molecule has 0 saturated carbocycles. The molecule has 3 N–H and O–H groups in total. The summed E-state index contributed by atoms with van der Waals surface area (Å²) in [6.07, 6.45) is 4.65. The van der Waals surface area contributed by atoms with Crippen LogP contribution in [0.4, 0.5) is 11.5 Å². The number of nitrogens with zero attached hydrogens (tertiary/aromatic N) is 2. The molecule has 2 heterocycles. The Morgan fingerprint density at radius 3 is 2.76 bits per heavy atom. The number of aromatic amines is 1. The van der Waals surface area contributed by atoms with E-state index in [1.165, 1.54) is 31.2 Å². The van der Waals surface area contributed by atoms with Crippen LogP contribution in [-0.4, -0.2) is 15.5 Å². The van der Waals surface area contributed by atoms with E-state index in [0.29, 0.717) is 17.3 Å². The summed E-state index contributed by atoms with van der Waals surface area (Å²) >= 11 is 1.50. The van der Waals surface area contributed by atoms with Crippen molar-refractivity contribution < 1.29 is 4.79 Å². The third-order valence-electron chi connectivity index (χ3n) is 6.19. The molecule has 0 radical (unpaired) electrons. The molecule has 0 bridgehead atoms. The number of unbranched alkanes of at least 4 members (excludes halogenated alkanes) is 1. The van der Waals surface area contributed by atoms with Crippen LogP contribution in [0.3, 0.4) is 0 Å². The molecule has 1 aliphatic carbocycles. The zero-order valence-corrected chi connectivity index (χ0v) is 19.9. The molecule has 33 heavy (non-hydrogen) atoms. The van der Waals surface area contributed by atoms with E-state index in [1.54, 1.807) is 0 Å². The molecule has 1 aliphatic rings. The van der Waals surface area contributed by atoms with Crippen molar-refractivity contribution in [3.05, 3.63) is 78.1 Å². The van der Waals surface area contributed by atoms with E-state index in [9.17, 15) is 14.4 Å². The molecular formula is C25H30N4O3S. The van der Waals surface area contributed by atoms with E-state index < -0.39 is 11.2 Å². The molecule has 0 fully saturated rings. The van der Waals surface area contributed by atoms with E-state index in [2.05, 4.69) is 11.9 Å². The number of aromatic nitrogens is 2. The van der Waals surface area contributed by atoms with Crippen LogP contribution in [0.5, 0.6) is 0 Å². The fraction of sp³-hybridized carbons (Fsp3) is 0.400. The van der Waals surface area contributed by atoms with Gasteiger partial charge in [0.05, 0.1) is 11.4 Å². The highest BCUT2D eigenvalue weighted by Gasteiger charge is 2.28. The fourth-order valence-electron chi connectivity index (χ4n) is 4.34. The zero-order chi connectivity index (χ0) is 23.5. The maximum atomic E-state index is 13.8. The Balaban J connectivity index is 1.80. The van der Waals surface area contributed by atoms with Crippen LogP contribution in [-0.2, 0) is 25.9 Å². The number of rotatable bonds is 7. The Labute approximate surface area is 196 Å². The van der Waals surface area contributed by atoms with Crippen molar-refractivity contribution in [2.75, 3.05) is 10.6 Å². The molecule has 2 aromatic heterocycles. The van der Waals surface area contributed by atoms with Gasteiger partial charge in [-0.25, -0.2) is 4.79 Å². The van der Waals surface area contributed by atoms with Crippen LogP contribution in [0, 0.1) is 5.92 Å². The van der Waals surface area contributed by atoms with Gasteiger partial charge in [0.15, 0.2) is 5.69 Å². The lowest BCUT2D eigenvalue weighted by atomic mass is 9.90. The molecule has 1 unspecified atom stereocenters. The lowest BCUT2D eigenvalue weighted by Gasteiger charge is -2.24. The largest absolute Gasteiger partial charge is 0.383 e. The number of thiophene rings is 1. The Bertz CT molecular complexity index is 1260. The van der Waals surface area contributed by atoms with Gasteiger partial charge < -0.3 is 5.73 Å². The Morgan fingerprint density at radius 1 is 1.27 bits per heavy atom. The van der Waals surface area contributed by atoms with Gasteiger partial charge in [0.2, 0.25) is 0 Å². The molecule has 0 spiro atoms. The van der Waals surface area contributed by atoms with Crippen molar-refractivity contribution in [3.63, 3.8) is 0 Å². The summed E-state index contributed by atoms with van der Waals surface area (Å²) in [5.41, 5.74) is 7.28. The van der Waals surface area contributed by atoms with Crippen molar-refractivity contribution in [3.8, 4) is 0 Å². The smallest absolute Gasteiger partial charge is 0.330 e. The lowest BCUT2D eigenvalue weighted by molar-refractivity contribution is 0.0988. The minimum absolute atomic E-state index is 0.0245. The van der Waals surface area contributed by atoms with Crippen LogP contribution in [0.15, 0.2) is 46.0 Å². The number of amides is 1. The molecule has 1 atom stereocenters. The first-order valence-electron chi connectivity index (χ1n) is 11.5. The summed E-state index contributed by atoms with van der Waals surface area (Å²) in [7, 11) is 0. The number of aryl methyl sites for hydroxylation is 1. The van der Waals surface area contributed by atoms with Gasteiger partial charge in [0.25, 0.3) is 11.5 Å². The van der Waals surface area contributed by atoms with Crippen LogP contribution in [0.25, 0.3) is 0 Å². The second-order valence-electron chi connectivity index (χ2n) is 8.78. The second-order valence-corrected chi connectivity index (χ2v) is 9.92. The van der Waals surface area contributed by atoms with E-state index in [4.69, 9.17) is 5.73 Å². The third kappa shape index (κ3) is 4.80. The first-order chi connectivity index (χ1) is 15.9. The number of benzene rings is 1. The molecule has 7 nitrogen and oxygen atoms in total. The van der Waals surface area contributed by atoms with E-state index in [0.717, 1.165) is 37.7 Å². The molecular weight excluding hydrogens is 436 g/mol. The highest BCUT2D eigenvalue weighted by molar-refractivity contribution is 7.14. The van der Waals surface area contributed by atoms with Gasteiger partial charge in [0.1, 0.15) is 5.82 Å². The summed E-state index contributed by atoms with van der Waals surface area (Å²) in [5, 5.41) is 0. The number of nitrogen functional groups attached to an aromatic ring is 1. The number of fused-ring (bicyclic) bond motifs is 1. The number of hydrogen-bond acceptors (Lipinski definition) is 5. The highest BCUT2D eigenvalue weighted by Crippen LogP contribution is 2.34. The second kappa shape index (κ2) is 9.79. The number of nitrogens with two attached hydrogens (primary N) is 1. The van der Waals surface area contributed by atoms with E-state index in [1.807, 2.05) is 43.3 Å². The number of carbonyl (C=O) groups excluding carboxylic acids is 1. The summed E-state index contributed by atoms with van der Waals surface area (Å²) in [6.45, 7) is 4.80. The summed E-state index contributed by atoms with van der Waals surface area (Å²) < 4.78 is 1.35. The molecule has 4 rings (SSSR count). The molecule has 174 valence electrons. The quantitative estimate of drug-likeness (QED) is 0.550. The average Bonchev–Trinajstić information content (AvgIpc) is 3.21. The number of nitrogens with one attached hydrogen (secondary N) is 1. The first-order valence-corrected chi connectivity index (χ1v) is 12.3. The van der Waals surface area contributed by atoms with Crippen molar-refractivity contribution >= 4 is 28.7 Å². The minimum Gasteiger partial charge on any atom is -0.383 e. The molecule has 1 aromatic carbocycles. The number of hydrogen-bond donors (Lipinski definition) is 2. The van der Waals surface area contributed by atoms with Crippen molar-refractivity contribution in [2.45, 2.75) is 59.0 Å². The minimum atomic E-state index is -0.649. The average molecular weight is 467 g/mol. The van der Waals surface area contributed by atoms with Gasteiger partial charge in [-0.15, -0.1) is 11.3 Å². The predicted molar refractivity (Wildman–Crippen MR) is 133 cm³/mol. The SMILES string of the molecule is CCCCn1c(N)c(N(Cc2ccccc2)C(=O)c2cc3c(s2)CCC(C)C3)c(=O)[nH]c1=O. The Morgan fingerprint density at radius 2 is 2.03 bits per heavy atom. The van der Waals surface area contributed by atoms with Gasteiger partial charge in [0, 0.05) is 11.4 Å². The normalized spacial score (nSPS) is 15.3. The maximum Gasteiger partial charge on any atom is 0.330 e. The van der Waals surface area contributed by atoms with Crippen molar-refractivity contribution in [1.82, 2.24) is 9.55 Å². The summed E-state index contributed by atoms with van der Waals surface area (Å²) in [6, 6.07) is 11.4. The topological polar surface area (TPSA) is 101 Å². The number of anilines is 2. The monoisotopic (exact) mass is 466 g/mol. The van der Waals surface area contributed by atoms with Gasteiger partial charge in [-0.1, -0.05) is 50.6 Å². The van der Waals surface area contributed by atoms with Crippen molar-refractivity contribution in [2.24, 2.45) is 5.92 Å². The van der Waals surface area contributed by atoms with Crippen LogP contribution >= 0.6 is 11.3 Å². The van der Waals surface area contributed by atoms with Gasteiger partial charge >= 0.3 is 5.69 Å². The molecule has 0 aliphatic heterocycles. The van der Waals surface area contributed by atoms with E-state index >= 15 is 0 Å². The predicted octanol–water partition coefficient (Wildman–Crippen LogP) is 3.95. The van der Waals surface area contributed by atoms with E-state index in [-0.39, 0.29) is 24.0 Å². The number of H-pyrrole nitrogens is 1. The standard InChI is InChI=1S/C25H30N4O3S/c1-3-4-12-28-22(26)21(23(30)27-25(28)32)29(15-17-8-6-5-7-9-17)24(31)20-14-18-13-16(2)10-11-19(18)33-20/h5-9,14,16H,3-4,10-13,15,26H2,1-2H3,(H,27,30,32). The summed E-state index contributed by atoms with van der Waals surface area (Å²) in [5.74, 6) is 0.344. The molecule has 8 heteroatoms. The van der Waals surface area contributed by atoms with Crippen LogP contribution in [0.2, 0.25) is 0 Å². The van der Waals surface area contributed by atoms with Gasteiger partial charge in [-0.3, -0.25) is 24.0 Å². The van der Waals surface area contributed by atoms with Crippen LogP contribution in [0.1, 0.15) is 58.8 Å².